The molecule has 0 bridgehead atoms. The lowest BCUT2D eigenvalue weighted by Gasteiger charge is -2.04. The van der Waals surface area contributed by atoms with E-state index in [0.29, 0.717) is 17.2 Å². The van der Waals surface area contributed by atoms with Crippen molar-refractivity contribution in [3.05, 3.63) is 66.4 Å². The summed E-state index contributed by atoms with van der Waals surface area (Å²) in [5, 5.41) is 6.61. The highest BCUT2D eigenvalue weighted by molar-refractivity contribution is 5.70. The topological polar surface area (TPSA) is 73.6 Å². The fourth-order valence-electron chi connectivity index (χ4n) is 2.09. The number of ether oxygens (including phenoxy) is 2. The van der Waals surface area contributed by atoms with Crippen LogP contribution < -0.4 is 14.8 Å². The van der Waals surface area contributed by atoms with Crippen LogP contribution in [-0.4, -0.2) is 18.4 Å². The van der Waals surface area contributed by atoms with Crippen LogP contribution in [0.5, 0.6) is 11.5 Å². The minimum Gasteiger partial charge on any atom is -0.497 e. The first kappa shape index (κ1) is 15.6. The van der Waals surface area contributed by atoms with Crippen molar-refractivity contribution in [2.45, 2.75) is 6.54 Å². The van der Waals surface area contributed by atoms with E-state index in [4.69, 9.17) is 14.0 Å². The second-order valence-electron chi connectivity index (χ2n) is 4.96. The number of carbonyl (C=O) groups excluding carboxylic acids is 1. The molecule has 0 fully saturated rings. The molecule has 1 N–H and O–H groups in total. The second-order valence-corrected chi connectivity index (χ2v) is 4.96. The van der Waals surface area contributed by atoms with Gasteiger partial charge in [0.05, 0.1) is 13.7 Å². The molecule has 6 nitrogen and oxygen atoms in total. The summed E-state index contributed by atoms with van der Waals surface area (Å²) in [6.07, 6.45) is -0.552. The van der Waals surface area contributed by atoms with Gasteiger partial charge in [-0.25, -0.2) is 4.79 Å². The molecule has 0 unspecified atom stereocenters. The Bertz CT molecular complexity index is 797. The van der Waals surface area contributed by atoms with Crippen molar-refractivity contribution in [2.75, 3.05) is 7.11 Å². The van der Waals surface area contributed by atoms with E-state index in [0.717, 1.165) is 11.3 Å². The Balaban J connectivity index is 1.56. The lowest BCUT2D eigenvalue weighted by atomic mass is 10.1. The average Bonchev–Trinajstić information content (AvgIpc) is 3.10. The lowest BCUT2D eigenvalue weighted by Crippen LogP contribution is -2.26. The molecule has 0 atom stereocenters. The standard InChI is InChI=1S/C18H16N2O4/c1-22-14-9-7-13(8-10-14)17-11-16(24-20-17)12-19-18(21)23-15-5-3-2-4-6-15/h2-11H,12H2,1H3,(H,19,21). The highest BCUT2D eigenvalue weighted by Crippen LogP contribution is 2.22. The highest BCUT2D eigenvalue weighted by Gasteiger charge is 2.09. The van der Waals surface area contributed by atoms with Crippen molar-refractivity contribution < 1.29 is 18.8 Å². The van der Waals surface area contributed by atoms with Gasteiger partial charge < -0.3 is 19.3 Å². The maximum Gasteiger partial charge on any atom is 0.412 e. The molecular weight excluding hydrogens is 308 g/mol. The van der Waals surface area contributed by atoms with Gasteiger partial charge in [0.2, 0.25) is 0 Å². The summed E-state index contributed by atoms with van der Waals surface area (Å²) < 4.78 is 15.5. The van der Waals surface area contributed by atoms with Gasteiger partial charge >= 0.3 is 6.09 Å². The van der Waals surface area contributed by atoms with E-state index in [1.165, 1.54) is 0 Å². The molecule has 1 amide bonds. The first-order valence-corrected chi connectivity index (χ1v) is 7.35. The number of aromatic nitrogens is 1. The van der Waals surface area contributed by atoms with Crippen LogP contribution in [0.1, 0.15) is 5.76 Å². The van der Waals surface area contributed by atoms with E-state index in [9.17, 15) is 4.79 Å². The van der Waals surface area contributed by atoms with Gasteiger partial charge in [-0.2, -0.15) is 0 Å². The molecule has 24 heavy (non-hydrogen) atoms. The predicted octanol–water partition coefficient (Wildman–Crippen LogP) is 3.64. The molecule has 6 heteroatoms. The molecule has 0 saturated heterocycles. The maximum atomic E-state index is 11.7. The molecular formula is C18H16N2O4. The number of hydrogen-bond donors (Lipinski definition) is 1. The van der Waals surface area contributed by atoms with Crippen LogP contribution in [0.4, 0.5) is 4.79 Å². The summed E-state index contributed by atoms with van der Waals surface area (Å²) in [6, 6.07) is 18.1. The van der Waals surface area contributed by atoms with E-state index < -0.39 is 6.09 Å². The molecule has 2 aromatic carbocycles. The molecule has 3 aromatic rings. The lowest BCUT2D eigenvalue weighted by molar-refractivity contribution is 0.198. The third-order valence-electron chi connectivity index (χ3n) is 3.31. The van der Waals surface area contributed by atoms with Gasteiger partial charge in [0.1, 0.15) is 17.2 Å². The van der Waals surface area contributed by atoms with Crippen LogP contribution in [-0.2, 0) is 6.54 Å². The number of methoxy groups -OCH3 is 1. The van der Waals surface area contributed by atoms with E-state index in [1.54, 1.807) is 37.4 Å². The van der Waals surface area contributed by atoms with Crippen molar-refractivity contribution in [3.63, 3.8) is 0 Å². The third kappa shape index (κ3) is 3.92. The zero-order valence-electron chi connectivity index (χ0n) is 13.1. The van der Waals surface area contributed by atoms with Gasteiger partial charge in [0.15, 0.2) is 5.76 Å². The summed E-state index contributed by atoms with van der Waals surface area (Å²) in [5.74, 6) is 1.78. The van der Waals surface area contributed by atoms with Crippen LogP contribution in [0.15, 0.2) is 65.2 Å². The Hall–Kier alpha value is -3.28. The number of nitrogens with one attached hydrogen (secondary N) is 1. The fourth-order valence-corrected chi connectivity index (χ4v) is 2.09. The zero-order chi connectivity index (χ0) is 16.8. The molecule has 3 rings (SSSR count). The van der Waals surface area contributed by atoms with Crippen LogP contribution >= 0.6 is 0 Å². The Kier molecular flexibility index (Phi) is 4.76. The Morgan fingerprint density at radius 2 is 1.83 bits per heavy atom. The summed E-state index contributed by atoms with van der Waals surface area (Å²) >= 11 is 0. The van der Waals surface area contributed by atoms with Crippen molar-refractivity contribution in [3.8, 4) is 22.8 Å². The van der Waals surface area contributed by atoms with Gasteiger partial charge in [-0.1, -0.05) is 23.4 Å². The first-order valence-electron chi connectivity index (χ1n) is 7.35. The van der Waals surface area contributed by atoms with Crippen LogP contribution in [0.2, 0.25) is 0 Å². The molecule has 0 aliphatic carbocycles. The van der Waals surface area contributed by atoms with Crippen molar-refractivity contribution in [1.29, 1.82) is 0 Å². The van der Waals surface area contributed by atoms with Gasteiger partial charge in [-0.3, -0.25) is 0 Å². The highest BCUT2D eigenvalue weighted by atomic mass is 16.6. The van der Waals surface area contributed by atoms with E-state index in [2.05, 4.69) is 10.5 Å². The number of carbonyl (C=O) groups is 1. The van der Waals surface area contributed by atoms with E-state index in [1.807, 2.05) is 30.3 Å². The SMILES string of the molecule is COc1ccc(-c2cc(CNC(=O)Oc3ccccc3)on2)cc1. The number of nitrogens with zero attached hydrogens (tertiary/aromatic N) is 1. The molecule has 0 radical (unpaired) electrons. The second kappa shape index (κ2) is 7.32. The molecule has 0 aliphatic heterocycles. The van der Waals surface area contributed by atoms with Gasteiger partial charge in [0, 0.05) is 11.6 Å². The monoisotopic (exact) mass is 324 g/mol. The summed E-state index contributed by atoms with van der Waals surface area (Å²) in [7, 11) is 1.61. The smallest absolute Gasteiger partial charge is 0.412 e. The Labute approximate surface area is 139 Å². The number of para-hydroxylation sites is 1. The molecule has 1 heterocycles. The Morgan fingerprint density at radius 1 is 1.08 bits per heavy atom. The molecule has 0 spiro atoms. The third-order valence-corrected chi connectivity index (χ3v) is 3.31. The normalized spacial score (nSPS) is 10.2. The van der Waals surface area contributed by atoms with Crippen molar-refractivity contribution in [1.82, 2.24) is 10.5 Å². The fraction of sp³-hybridized carbons (Fsp3) is 0.111. The zero-order valence-corrected chi connectivity index (χ0v) is 13.1. The van der Waals surface area contributed by atoms with Crippen molar-refractivity contribution in [2.24, 2.45) is 0 Å². The van der Waals surface area contributed by atoms with Gasteiger partial charge in [0.25, 0.3) is 0 Å². The molecule has 122 valence electrons. The van der Waals surface area contributed by atoms with E-state index >= 15 is 0 Å². The minimum absolute atomic E-state index is 0.189. The number of hydrogen-bond acceptors (Lipinski definition) is 5. The first-order chi connectivity index (χ1) is 11.7. The van der Waals surface area contributed by atoms with Crippen LogP contribution in [0.25, 0.3) is 11.3 Å². The quantitative estimate of drug-likeness (QED) is 0.775. The van der Waals surface area contributed by atoms with Crippen LogP contribution in [0, 0.1) is 0 Å². The molecule has 0 aliphatic rings. The number of benzene rings is 2. The minimum atomic E-state index is -0.552. The summed E-state index contributed by atoms with van der Waals surface area (Å²) in [6.45, 7) is 0.189. The predicted molar refractivity (Wildman–Crippen MR) is 87.8 cm³/mol. The van der Waals surface area contributed by atoms with E-state index in [-0.39, 0.29) is 6.54 Å². The summed E-state index contributed by atoms with van der Waals surface area (Å²) in [4.78, 5) is 11.7. The van der Waals surface area contributed by atoms with Crippen LogP contribution in [0.3, 0.4) is 0 Å². The Morgan fingerprint density at radius 3 is 2.54 bits per heavy atom. The summed E-state index contributed by atoms with van der Waals surface area (Å²) in [5.41, 5.74) is 1.59. The maximum absolute atomic E-state index is 11.7. The number of rotatable bonds is 5. The average molecular weight is 324 g/mol. The van der Waals surface area contributed by atoms with Gasteiger partial charge in [-0.15, -0.1) is 0 Å². The van der Waals surface area contributed by atoms with Gasteiger partial charge in [-0.05, 0) is 36.4 Å². The molecule has 0 saturated carbocycles. The van der Waals surface area contributed by atoms with Crippen molar-refractivity contribution >= 4 is 6.09 Å². The number of amides is 1. The molecule has 1 aromatic heterocycles. The largest absolute Gasteiger partial charge is 0.497 e.